The van der Waals surface area contributed by atoms with Gasteiger partial charge >= 0.3 is 6.03 Å². The lowest BCUT2D eigenvalue weighted by Crippen LogP contribution is -2.19. The summed E-state index contributed by atoms with van der Waals surface area (Å²) in [5.41, 5.74) is 2.25. The molecule has 0 saturated heterocycles. The minimum Gasteiger partial charge on any atom is -0.308 e. The van der Waals surface area contributed by atoms with E-state index in [0.717, 1.165) is 11.3 Å². The van der Waals surface area contributed by atoms with Crippen LogP contribution in [0.25, 0.3) is 11.3 Å². The van der Waals surface area contributed by atoms with E-state index in [-0.39, 0.29) is 5.02 Å². The second-order valence-electron chi connectivity index (χ2n) is 5.11. The number of carbonyl (C=O) groups excluding carboxylic acids is 1. The van der Waals surface area contributed by atoms with Gasteiger partial charge in [0, 0.05) is 18.8 Å². The number of anilines is 2. The van der Waals surface area contributed by atoms with Crippen molar-refractivity contribution in [3.63, 3.8) is 0 Å². The van der Waals surface area contributed by atoms with Crippen LogP contribution in [0.4, 0.5) is 20.7 Å². The second-order valence-corrected chi connectivity index (χ2v) is 5.52. The average molecular weight is 345 g/mol. The molecule has 0 aliphatic rings. The Hall–Kier alpha value is -2.86. The molecule has 3 rings (SSSR count). The summed E-state index contributed by atoms with van der Waals surface area (Å²) in [4.78, 5) is 12.0. The fourth-order valence-electron chi connectivity index (χ4n) is 2.26. The normalized spacial score (nSPS) is 10.5. The van der Waals surface area contributed by atoms with Gasteiger partial charge < -0.3 is 5.32 Å². The van der Waals surface area contributed by atoms with Crippen LogP contribution in [0.15, 0.2) is 54.6 Å². The minimum atomic E-state index is -0.542. The van der Waals surface area contributed by atoms with Gasteiger partial charge in [0.15, 0.2) is 5.82 Å². The number of carbonyl (C=O) groups is 1. The molecule has 0 bridgehead atoms. The second kappa shape index (κ2) is 6.72. The van der Waals surface area contributed by atoms with Crippen LogP contribution >= 0.6 is 11.6 Å². The molecule has 5 nitrogen and oxygen atoms in total. The number of halogens is 2. The van der Waals surface area contributed by atoms with Crippen LogP contribution in [0, 0.1) is 5.82 Å². The van der Waals surface area contributed by atoms with Crippen molar-refractivity contribution in [3.8, 4) is 11.3 Å². The van der Waals surface area contributed by atoms with Gasteiger partial charge in [0.2, 0.25) is 0 Å². The number of hydrogen-bond acceptors (Lipinski definition) is 2. The largest absolute Gasteiger partial charge is 0.324 e. The maximum atomic E-state index is 13.1. The van der Waals surface area contributed by atoms with Gasteiger partial charge in [-0.2, -0.15) is 5.10 Å². The van der Waals surface area contributed by atoms with Crippen LogP contribution in [-0.2, 0) is 7.05 Å². The van der Waals surface area contributed by atoms with Crippen molar-refractivity contribution in [1.29, 1.82) is 0 Å². The smallest absolute Gasteiger partial charge is 0.308 e. The van der Waals surface area contributed by atoms with E-state index in [9.17, 15) is 9.18 Å². The summed E-state index contributed by atoms with van der Waals surface area (Å²) in [5, 5.41) is 9.41. The van der Waals surface area contributed by atoms with Crippen LogP contribution in [0.5, 0.6) is 0 Å². The van der Waals surface area contributed by atoms with Crippen molar-refractivity contribution in [3.05, 3.63) is 65.4 Å². The number of nitrogens with zero attached hydrogens (tertiary/aromatic N) is 2. The molecule has 3 aromatic rings. The summed E-state index contributed by atoms with van der Waals surface area (Å²) in [6.45, 7) is 0. The Morgan fingerprint density at radius 2 is 1.88 bits per heavy atom. The van der Waals surface area contributed by atoms with Crippen molar-refractivity contribution in [2.75, 3.05) is 10.6 Å². The molecule has 2 amide bonds. The molecule has 2 N–H and O–H groups in total. The fourth-order valence-corrected chi connectivity index (χ4v) is 2.44. The minimum absolute atomic E-state index is 0.0583. The van der Waals surface area contributed by atoms with E-state index in [4.69, 9.17) is 11.6 Å². The number of aromatic nitrogens is 2. The molecule has 2 aromatic carbocycles. The molecule has 0 aliphatic heterocycles. The van der Waals surface area contributed by atoms with Gasteiger partial charge in [0.05, 0.1) is 10.7 Å². The molecule has 0 radical (unpaired) electrons. The number of hydrogen-bond donors (Lipinski definition) is 2. The molecule has 0 unspecified atom stereocenters. The number of urea groups is 1. The zero-order chi connectivity index (χ0) is 17.1. The standard InChI is InChI=1S/C17H14ClFN4O/c1-23-15(11-5-3-2-4-6-11)10-16(22-23)21-17(24)20-12-7-8-14(19)13(18)9-12/h2-10H,1H3,(H2,20,21,22,24). The van der Waals surface area contributed by atoms with Crippen molar-refractivity contribution in [2.45, 2.75) is 0 Å². The van der Waals surface area contributed by atoms with Crippen molar-refractivity contribution in [1.82, 2.24) is 9.78 Å². The van der Waals surface area contributed by atoms with Crippen LogP contribution in [-0.4, -0.2) is 15.8 Å². The Bertz CT molecular complexity index is 880. The lowest BCUT2D eigenvalue weighted by Gasteiger charge is -2.06. The predicted octanol–water partition coefficient (Wildman–Crippen LogP) is 4.52. The van der Waals surface area contributed by atoms with E-state index in [2.05, 4.69) is 15.7 Å². The van der Waals surface area contributed by atoms with Gasteiger partial charge in [0.1, 0.15) is 5.82 Å². The van der Waals surface area contributed by atoms with Gasteiger partial charge in [-0.15, -0.1) is 0 Å². The first-order chi connectivity index (χ1) is 11.5. The third-order valence-corrected chi connectivity index (χ3v) is 3.66. The van der Waals surface area contributed by atoms with Gasteiger partial charge in [-0.1, -0.05) is 41.9 Å². The van der Waals surface area contributed by atoms with Crippen molar-refractivity contribution in [2.24, 2.45) is 7.05 Å². The summed E-state index contributed by atoms with van der Waals surface area (Å²) >= 11 is 5.69. The maximum absolute atomic E-state index is 13.1. The molecule has 1 heterocycles. The third kappa shape index (κ3) is 3.55. The third-order valence-electron chi connectivity index (χ3n) is 3.37. The van der Waals surface area contributed by atoms with Gasteiger partial charge in [-0.25, -0.2) is 9.18 Å². The molecule has 0 aliphatic carbocycles. The molecule has 0 saturated carbocycles. The van der Waals surface area contributed by atoms with Crippen LogP contribution in [0.2, 0.25) is 5.02 Å². The fraction of sp³-hybridized carbons (Fsp3) is 0.0588. The number of rotatable bonds is 3. The molecule has 122 valence electrons. The molecule has 0 atom stereocenters. The average Bonchev–Trinajstić information content (AvgIpc) is 2.92. The molecule has 0 fully saturated rings. The van der Waals surface area contributed by atoms with E-state index in [0.29, 0.717) is 11.5 Å². The molecule has 1 aromatic heterocycles. The molecule has 0 spiro atoms. The lowest BCUT2D eigenvalue weighted by atomic mass is 10.1. The lowest BCUT2D eigenvalue weighted by molar-refractivity contribution is 0.262. The Balaban J connectivity index is 1.72. The Kier molecular flexibility index (Phi) is 4.48. The summed E-state index contributed by atoms with van der Waals surface area (Å²) < 4.78 is 14.8. The highest BCUT2D eigenvalue weighted by molar-refractivity contribution is 6.31. The summed E-state index contributed by atoms with van der Waals surface area (Å²) in [6.07, 6.45) is 0. The quantitative estimate of drug-likeness (QED) is 0.733. The Labute approximate surface area is 143 Å². The zero-order valence-electron chi connectivity index (χ0n) is 12.8. The van der Waals surface area contributed by atoms with Gasteiger partial charge in [-0.05, 0) is 23.8 Å². The number of nitrogens with one attached hydrogen (secondary N) is 2. The number of benzene rings is 2. The molecular formula is C17H14ClFN4O. The predicted molar refractivity (Wildman–Crippen MR) is 92.7 cm³/mol. The number of amides is 2. The van der Waals surface area contributed by atoms with E-state index < -0.39 is 11.8 Å². The van der Waals surface area contributed by atoms with Crippen molar-refractivity contribution >= 4 is 29.1 Å². The summed E-state index contributed by atoms with van der Waals surface area (Å²) in [5.74, 6) is -0.137. The van der Waals surface area contributed by atoms with E-state index in [1.165, 1.54) is 18.2 Å². The SMILES string of the molecule is Cn1nc(NC(=O)Nc2ccc(F)c(Cl)c2)cc1-c1ccccc1. The Morgan fingerprint density at radius 3 is 2.58 bits per heavy atom. The monoisotopic (exact) mass is 344 g/mol. The van der Waals surface area contributed by atoms with Gasteiger partial charge in [0.25, 0.3) is 0 Å². The van der Waals surface area contributed by atoms with Crippen LogP contribution < -0.4 is 10.6 Å². The highest BCUT2D eigenvalue weighted by Crippen LogP contribution is 2.22. The maximum Gasteiger partial charge on any atom is 0.324 e. The molecule has 7 heteroatoms. The van der Waals surface area contributed by atoms with Crippen LogP contribution in [0.1, 0.15) is 0 Å². The van der Waals surface area contributed by atoms with Gasteiger partial charge in [-0.3, -0.25) is 10.00 Å². The first kappa shape index (κ1) is 16.0. The van der Waals surface area contributed by atoms with E-state index in [1.54, 1.807) is 17.8 Å². The molecular weight excluding hydrogens is 331 g/mol. The summed E-state index contributed by atoms with van der Waals surface area (Å²) in [7, 11) is 1.80. The molecule has 24 heavy (non-hydrogen) atoms. The number of aryl methyl sites for hydroxylation is 1. The highest BCUT2D eigenvalue weighted by atomic mass is 35.5. The van der Waals surface area contributed by atoms with E-state index >= 15 is 0 Å². The topological polar surface area (TPSA) is 59.0 Å². The van der Waals surface area contributed by atoms with E-state index in [1.807, 2.05) is 30.3 Å². The Morgan fingerprint density at radius 1 is 1.12 bits per heavy atom. The van der Waals surface area contributed by atoms with Crippen molar-refractivity contribution < 1.29 is 9.18 Å². The zero-order valence-corrected chi connectivity index (χ0v) is 13.5. The first-order valence-electron chi connectivity index (χ1n) is 7.15. The highest BCUT2D eigenvalue weighted by Gasteiger charge is 2.10. The first-order valence-corrected chi connectivity index (χ1v) is 7.53. The van der Waals surface area contributed by atoms with Crippen LogP contribution in [0.3, 0.4) is 0 Å². The summed E-state index contributed by atoms with van der Waals surface area (Å²) in [6, 6.07) is 14.9.